The van der Waals surface area contributed by atoms with Crippen LogP contribution in [0.4, 0.5) is 0 Å². The first kappa shape index (κ1) is 17.5. The van der Waals surface area contributed by atoms with Crippen molar-refractivity contribution in [2.75, 3.05) is 19.5 Å². The van der Waals surface area contributed by atoms with Gasteiger partial charge in [0.25, 0.3) is 0 Å². The lowest BCUT2D eigenvalue weighted by atomic mass is 9.79. The first-order valence-corrected chi connectivity index (χ1v) is 8.92. The van der Waals surface area contributed by atoms with E-state index in [1.54, 1.807) is 24.3 Å². The summed E-state index contributed by atoms with van der Waals surface area (Å²) >= 11 is 0. The molecule has 1 fully saturated rings. The van der Waals surface area contributed by atoms with Gasteiger partial charge in [-0.15, -0.1) is 0 Å². The number of benzene rings is 1. The summed E-state index contributed by atoms with van der Waals surface area (Å²) in [7, 11) is -2.32. The van der Waals surface area contributed by atoms with E-state index in [9.17, 15) is 8.42 Å². The average Bonchev–Trinajstić information content (AvgIpc) is 2.65. The topological polar surface area (TPSA) is 61.8 Å². The van der Waals surface area contributed by atoms with Crippen molar-refractivity contribution >= 4 is 22.4 Å². The van der Waals surface area contributed by atoms with Crippen LogP contribution in [-0.4, -0.2) is 46.2 Å². The molecule has 22 heavy (non-hydrogen) atoms. The van der Waals surface area contributed by atoms with Crippen molar-refractivity contribution in [3.8, 4) is 0 Å². The molecule has 1 saturated heterocycles. The van der Waals surface area contributed by atoms with Gasteiger partial charge in [0.1, 0.15) is 0 Å². The minimum absolute atomic E-state index is 0.0284. The van der Waals surface area contributed by atoms with Gasteiger partial charge in [-0.3, -0.25) is 0 Å². The number of methoxy groups -OCH3 is 1. The van der Waals surface area contributed by atoms with Gasteiger partial charge >= 0.3 is 7.12 Å². The van der Waals surface area contributed by atoms with Gasteiger partial charge in [0.2, 0.25) is 0 Å². The van der Waals surface area contributed by atoms with E-state index in [-0.39, 0.29) is 17.3 Å². The van der Waals surface area contributed by atoms with Crippen molar-refractivity contribution in [2.45, 2.75) is 43.8 Å². The minimum atomic E-state index is -3.32. The molecular weight excluding hydrogens is 303 g/mol. The second kappa shape index (κ2) is 5.96. The maximum atomic E-state index is 12.1. The minimum Gasteiger partial charge on any atom is -0.399 e. The third-order valence-corrected chi connectivity index (χ3v) is 6.02. The first-order chi connectivity index (χ1) is 10.1. The van der Waals surface area contributed by atoms with Crippen molar-refractivity contribution in [3.05, 3.63) is 24.3 Å². The fourth-order valence-electron chi connectivity index (χ4n) is 2.12. The van der Waals surface area contributed by atoms with E-state index < -0.39 is 28.2 Å². The van der Waals surface area contributed by atoms with Crippen LogP contribution >= 0.6 is 0 Å². The predicted molar refractivity (Wildman–Crippen MR) is 86.1 cm³/mol. The first-order valence-electron chi connectivity index (χ1n) is 7.26. The Balaban J connectivity index is 2.17. The molecule has 0 spiro atoms. The van der Waals surface area contributed by atoms with Crippen LogP contribution in [0.3, 0.4) is 0 Å². The molecule has 1 heterocycles. The van der Waals surface area contributed by atoms with Crippen LogP contribution < -0.4 is 5.46 Å². The van der Waals surface area contributed by atoms with Crippen LogP contribution in [0.15, 0.2) is 29.2 Å². The lowest BCUT2D eigenvalue weighted by molar-refractivity contribution is 0.00578. The van der Waals surface area contributed by atoms with Gasteiger partial charge in [-0.1, -0.05) is 12.1 Å². The summed E-state index contributed by atoms with van der Waals surface area (Å²) in [4.78, 5) is 0.282. The SMILES string of the molecule is COCCS(=O)(=O)c1ccc(B2OC(C)(C)C(C)(C)O2)cc1. The quantitative estimate of drug-likeness (QED) is 0.766. The highest BCUT2D eigenvalue weighted by atomic mass is 32.2. The van der Waals surface area contributed by atoms with Gasteiger partial charge in [-0.05, 0) is 45.3 Å². The van der Waals surface area contributed by atoms with Crippen molar-refractivity contribution in [1.29, 1.82) is 0 Å². The van der Waals surface area contributed by atoms with Crippen LogP contribution in [0.1, 0.15) is 27.7 Å². The summed E-state index contributed by atoms with van der Waals surface area (Å²) in [6.45, 7) is 8.11. The van der Waals surface area contributed by atoms with Crippen LogP contribution in [0.5, 0.6) is 0 Å². The Hall–Kier alpha value is -0.885. The highest BCUT2D eigenvalue weighted by Gasteiger charge is 2.51. The maximum absolute atomic E-state index is 12.1. The molecule has 5 nitrogen and oxygen atoms in total. The van der Waals surface area contributed by atoms with E-state index >= 15 is 0 Å². The number of hydrogen-bond acceptors (Lipinski definition) is 5. The zero-order chi connectivity index (χ0) is 16.6. The molecule has 0 radical (unpaired) electrons. The molecule has 0 atom stereocenters. The lowest BCUT2D eigenvalue weighted by Crippen LogP contribution is -2.41. The third-order valence-electron chi connectivity index (χ3n) is 4.32. The Bertz CT molecular complexity index is 606. The molecular formula is C15H23BO5S. The van der Waals surface area contributed by atoms with Gasteiger partial charge in [-0.2, -0.15) is 0 Å². The molecule has 0 N–H and O–H groups in total. The molecule has 1 aliphatic heterocycles. The third kappa shape index (κ3) is 3.37. The summed E-state index contributed by atoms with van der Waals surface area (Å²) in [5.41, 5.74) is -0.0220. The van der Waals surface area contributed by atoms with Crippen molar-refractivity contribution in [1.82, 2.24) is 0 Å². The Labute approximate surface area is 133 Å². The molecule has 0 unspecified atom stereocenters. The molecule has 0 aliphatic carbocycles. The van der Waals surface area contributed by atoms with Crippen LogP contribution in [-0.2, 0) is 23.9 Å². The largest absolute Gasteiger partial charge is 0.494 e. The normalized spacial score (nSPS) is 20.3. The van der Waals surface area contributed by atoms with E-state index in [0.717, 1.165) is 5.46 Å². The number of ether oxygens (including phenoxy) is 1. The second-order valence-electron chi connectivity index (χ2n) is 6.47. The Morgan fingerprint density at radius 3 is 2.00 bits per heavy atom. The molecule has 1 aliphatic rings. The zero-order valence-corrected chi connectivity index (χ0v) is 14.6. The summed E-state index contributed by atoms with van der Waals surface area (Å²) in [5.74, 6) is -0.0284. The molecule has 1 aromatic rings. The van der Waals surface area contributed by atoms with Gasteiger partial charge in [0.05, 0.1) is 28.5 Å². The summed E-state index contributed by atoms with van der Waals surface area (Å²) in [5, 5.41) is 0. The Morgan fingerprint density at radius 1 is 1.05 bits per heavy atom. The highest BCUT2D eigenvalue weighted by Crippen LogP contribution is 2.36. The average molecular weight is 326 g/mol. The molecule has 0 aromatic heterocycles. The molecule has 7 heteroatoms. The van der Waals surface area contributed by atoms with Crippen LogP contribution in [0.25, 0.3) is 0 Å². The fraction of sp³-hybridized carbons (Fsp3) is 0.600. The number of hydrogen-bond donors (Lipinski definition) is 0. The monoisotopic (exact) mass is 326 g/mol. The Morgan fingerprint density at radius 2 is 1.55 bits per heavy atom. The van der Waals surface area contributed by atoms with Crippen molar-refractivity contribution in [3.63, 3.8) is 0 Å². The van der Waals surface area contributed by atoms with Gasteiger partial charge < -0.3 is 14.0 Å². The van der Waals surface area contributed by atoms with E-state index in [2.05, 4.69) is 0 Å². The molecule has 2 rings (SSSR count). The van der Waals surface area contributed by atoms with Gasteiger partial charge in [0.15, 0.2) is 9.84 Å². The van der Waals surface area contributed by atoms with E-state index in [4.69, 9.17) is 14.0 Å². The number of rotatable bonds is 5. The summed E-state index contributed by atoms with van der Waals surface area (Å²) in [6.07, 6.45) is 0. The van der Waals surface area contributed by atoms with Gasteiger partial charge in [0, 0.05) is 7.11 Å². The fourth-order valence-corrected chi connectivity index (χ4v) is 3.29. The van der Waals surface area contributed by atoms with E-state index in [0.29, 0.717) is 0 Å². The standard InChI is InChI=1S/C15H23BO5S/c1-14(2)15(3,4)21-16(20-14)12-6-8-13(9-7-12)22(17,18)11-10-19-5/h6-9H,10-11H2,1-5H3. The lowest BCUT2D eigenvalue weighted by Gasteiger charge is -2.32. The van der Waals surface area contributed by atoms with E-state index in [1.165, 1.54) is 7.11 Å². The second-order valence-corrected chi connectivity index (χ2v) is 8.58. The maximum Gasteiger partial charge on any atom is 0.494 e. The molecule has 0 amide bonds. The van der Waals surface area contributed by atoms with Crippen molar-refractivity contribution in [2.24, 2.45) is 0 Å². The van der Waals surface area contributed by atoms with Crippen LogP contribution in [0.2, 0.25) is 0 Å². The highest BCUT2D eigenvalue weighted by molar-refractivity contribution is 7.91. The predicted octanol–water partition coefficient (Wildman–Crippen LogP) is 1.41. The Kier molecular flexibility index (Phi) is 4.73. The summed E-state index contributed by atoms with van der Waals surface area (Å²) in [6, 6.07) is 6.65. The molecule has 0 saturated carbocycles. The zero-order valence-electron chi connectivity index (χ0n) is 13.8. The van der Waals surface area contributed by atoms with E-state index in [1.807, 2.05) is 27.7 Å². The molecule has 0 bridgehead atoms. The molecule has 122 valence electrons. The summed E-state index contributed by atoms with van der Waals surface area (Å²) < 4.78 is 40.9. The van der Waals surface area contributed by atoms with Gasteiger partial charge in [-0.25, -0.2) is 8.42 Å². The molecule has 1 aromatic carbocycles. The van der Waals surface area contributed by atoms with Crippen molar-refractivity contribution < 1.29 is 22.5 Å². The number of sulfone groups is 1. The smallest absolute Gasteiger partial charge is 0.399 e. The van der Waals surface area contributed by atoms with Crippen LogP contribution in [0, 0.1) is 0 Å².